The summed E-state index contributed by atoms with van der Waals surface area (Å²) in [4.78, 5) is 68.5. The molecule has 0 radical (unpaired) electrons. The van der Waals surface area contributed by atoms with Crippen LogP contribution in [0.4, 0.5) is 13.2 Å². The summed E-state index contributed by atoms with van der Waals surface area (Å²) < 4.78 is 46.3. The summed E-state index contributed by atoms with van der Waals surface area (Å²) >= 11 is 0. The highest BCUT2D eigenvalue weighted by Gasteiger charge is 2.39. The number of benzene rings is 3. The van der Waals surface area contributed by atoms with E-state index in [4.69, 9.17) is 4.74 Å². The zero-order valence-corrected chi connectivity index (χ0v) is 27.3. The van der Waals surface area contributed by atoms with Gasteiger partial charge in [-0.15, -0.1) is 0 Å². The van der Waals surface area contributed by atoms with Gasteiger partial charge in [-0.25, -0.2) is 0 Å². The third-order valence-corrected chi connectivity index (χ3v) is 8.65. The third-order valence-electron chi connectivity index (χ3n) is 8.65. The SMILES string of the molecule is C[C@@H]1NC(=O)[C@H]2CCCN2C(=O)[C@@H](Cc2ccccc2)NC(=O)COc2ccc(cc2)C[C@@H](C(=O)NCc2ccccc2C(F)(F)F)NC1=O. The van der Waals surface area contributed by atoms with E-state index in [2.05, 4.69) is 21.3 Å². The lowest BCUT2D eigenvalue weighted by molar-refractivity contribution is -0.142. The predicted molar refractivity (Wildman–Crippen MR) is 175 cm³/mol. The van der Waals surface area contributed by atoms with Gasteiger partial charge in [0.15, 0.2) is 6.61 Å². The van der Waals surface area contributed by atoms with E-state index in [1.165, 1.54) is 30.0 Å². The zero-order chi connectivity index (χ0) is 35.8. The Bertz CT molecular complexity index is 1700. The van der Waals surface area contributed by atoms with Gasteiger partial charge in [-0.05, 0) is 54.7 Å². The minimum Gasteiger partial charge on any atom is -0.484 e. The van der Waals surface area contributed by atoms with Crippen LogP contribution in [0.5, 0.6) is 5.75 Å². The van der Waals surface area contributed by atoms with Gasteiger partial charge in [0, 0.05) is 25.9 Å². The van der Waals surface area contributed by atoms with Crippen molar-refractivity contribution in [2.75, 3.05) is 13.2 Å². The number of hydrogen-bond donors (Lipinski definition) is 4. The molecule has 6 rings (SSSR count). The number of ether oxygens (including phenoxy) is 1. The number of hydrogen-bond acceptors (Lipinski definition) is 6. The van der Waals surface area contributed by atoms with Crippen molar-refractivity contribution in [2.45, 2.75) is 69.5 Å². The molecule has 4 N–H and O–H groups in total. The van der Waals surface area contributed by atoms with Gasteiger partial charge in [-0.3, -0.25) is 24.0 Å². The molecule has 264 valence electrons. The predicted octanol–water partition coefficient (Wildman–Crippen LogP) is 2.66. The molecule has 5 amide bonds. The maximum absolute atomic E-state index is 13.9. The maximum Gasteiger partial charge on any atom is 0.416 e. The van der Waals surface area contributed by atoms with E-state index in [9.17, 15) is 37.1 Å². The standard InChI is InChI=1S/C36H38F3N5O6/c1-22-32(46)43-28(33(47)40-20-25-10-5-6-11-27(25)36(37,38)39)18-24-13-15-26(16-14-24)50-21-31(45)42-29(19-23-8-3-2-4-9-23)35(49)44-17-7-12-30(44)34(48)41-22/h2-6,8-11,13-16,22,28-30H,7,12,17-21H2,1H3,(H,40,47)(H,41,48)(H,42,45)(H,43,46)/t22-,28-,29+,30+/m0/s1. The van der Waals surface area contributed by atoms with E-state index in [1.54, 1.807) is 24.3 Å². The van der Waals surface area contributed by atoms with Gasteiger partial charge in [0.2, 0.25) is 23.6 Å². The number of carbonyl (C=O) groups is 5. The van der Waals surface area contributed by atoms with Crippen LogP contribution in [-0.4, -0.2) is 71.8 Å². The first kappa shape index (κ1) is 35.9. The Balaban J connectivity index is 1.38. The summed E-state index contributed by atoms with van der Waals surface area (Å²) in [5.74, 6) is -2.71. The van der Waals surface area contributed by atoms with Gasteiger partial charge in [0.05, 0.1) is 5.56 Å². The number of nitrogens with one attached hydrogen (secondary N) is 4. The van der Waals surface area contributed by atoms with Crippen LogP contribution in [0, 0.1) is 0 Å². The van der Waals surface area contributed by atoms with Crippen molar-refractivity contribution < 1.29 is 41.9 Å². The monoisotopic (exact) mass is 693 g/mol. The molecule has 3 aromatic rings. The summed E-state index contributed by atoms with van der Waals surface area (Å²) in [6.07, 6.45) is -3.65. The van der Waals surface area contributed by atoms with Crippen molar-refractivity contribution in [2.24, 2.45) is 0 Å². The molecule has 4 atom stereocenters. The van der Waals surface area contributed by atoms with E-state index in [1.807, 2.05) is 30.3 Å². The van der Waals surface area contributed by atoms with Gasteiger partial charge >= 0.3 is 6.18 Å². The molecule has 11 nitrogen and oxygen atoms in total. The summed E-state index contributed by atoms with van der Waals surface area (Å²) in [6, 6.07) is 16.1. The van der Waals surface area contributed by atoms with E-state index < -0.39 is 78.6 Å². The summed E-state index contributed by atoms with van der Waals surface area (Å²) in [7, 11) is 0. The topological polar surface area (TPSA) is 146 Å². The van der Waals surface area contributed by atoms with Crippen LogP contribution in [0.25, 0.3) is 0 Å². The maximum atomic E-state index is 13.9. The molecule has 0 unspecified atom stereocenters. The molecule has 0 aromatic heterocycles. The summed E-state index contributed by atoms with van der Waals surface area (Å²) in [5, 5.41) is 10.5. The van der Waals surface area contributed by atoms with Crippen molar-refractivity contribution in [3.05, 3.63) is 101 Å². The smallest absolute Gasteiger partial charge is 0.416 e. The van der Waals surface area contributed by atoms with E-state index >= 15 is 0 Å². The number of carbonyl (C=O) groups excluding carboxylic acids is 5. The highest BCUT2D eigenvalue weighted by molar-refractivity contribution is 5.96. The molecule has 50 heavy (non-hydrogen) atoms. The number of amides is 5. The number of fused-ring (bicyclic) bond motifs is 13. The van der Waals surface area contributed by atoms with Gasteiger partial charge in [-0.1, -0.05) is 60.7 Å². The second-order valence-electron chi connectivity index (χ2n) is 12.3. The first-order valence-corrected chi connectivity index (χ1v) is 16.3. The Kier molecular flexibility index (Phi) is 11.4. The van der Waals surface area contributed by atoms with E-state index in [0.29, 0.717) is 24.2 Å². The van der Waals surface area contributed by atoms with E-state index in [-0.39, 0.29) is 24.9 Å². The molecule has 1 fully saturated rings. The number of alkyl halides is 3. The fourth-order valence-electron chi connectivity index (χ4n) is 6.03. The molecule has 0 saturated carbocycles. The first-order valence-electron chi connectivity index (χ1n) is 16.3. The summed E-state index contributed by atoms with van der Waals surface area (Å²) in [6.45, 7) is 0.843. The van der Waals surface area contributed by atoms with Crippen LogP contribution < -0.4 is 26.0 Å². The van der Waals surface area contributed by atoms with Crippen molar-refractivity contribution in [1.82, 2.24) is 26.2 Å². The molecule has 1 saturated heterocycles. The number of rotatable bonds is 5. The third kappa shape index (κ3) is 9.18. The molecule has 2 bridgehead atoms. The normalized spacial score (nSPS) is 22.2. The lowest BCUT2D eigenvalue weighted by atomic mass is 10.0. The second kappa shape index (κ2) is 15.9. The molecular formula is C36H38F3N5O6. The highest BCUT2D eigenvalue weighted by Crippen LogP contribution is 2.31. The van der Waals surface area contributed by atoms with Crippen LogP contribution >= 0.6 is 0 Å². The van der Waals surface area contributed by atoms with E-state index in [0.717, 1.165) is 11.6 Å². The Labute approximate surface area is 286 Å². The molecule has 3 aromatic carbocycles. The van der Waals surface area contributed by atoms with Crippen LogP contribution in [0.1, 0.15) is 42.0 Å². The fraction of sp³-hybridized carbons (Fsp3) is 0.361. The Morgan fingerprint density at radius 2 is 1.60 bits per heavy atom. The van der Waals surface area contributed by atoms with Gasteiger partial charge in [-0.2, -0.15) is 13.2 Å². The molecular weight excluding hydrogens is 655 g/mol. The average molecular weight is 694 g/mol. The number of nitrogens with zero attached hydrogens (tertiary/aromatic N) is 1. The Hall–Kier alpha value is -5.40. The van der Waals surface area contributed by atoms with Gasteiger partial charge in [0.25, 0.3) is 5.91 Å². The van der Waals surface area contributed by atoms with Crippen molar-refractivity contribution >= 4 is 29.5 Å². The highest BCUT2D eigenvalue weighted by atomic mass is 19.4. The Morgan fingerprint density at radius 1 is 0.900 bits per heavy atom. The van der Waals surface area contributed by atoms with Crippen molar-refractivity contribution in [3.63, 3.8) is 0 Å². The minimum atomic E-state index is -4.63. The molecule has 0 spiro atoms. The molecule has 3 aliphatic heterocycles. The lowest BCUT2D eigenvalue weighted by Crippen LogP contribution is -2.57. The van der Waals surface area contributed by atoms with Crippen molar-refractivity contribution in [1.29, 1.82) is 0 Å². The second-order valence-corrected chi connectivity index (χ2v) is 12.3. The molecule has 0 aliphatic carbocycles. The van der Waals surface area contributed by atoms with Gasteiger partial charge in [0.1, 0.15) is 29.9 Å². The van der Waals surface area contributed by atoms with Crippen molar-refractivity contribution in [3.8, 4) is 5.75 Å². The lowest BCUT2D eigenvalue weighted by Gasteiger charge is -2.29. The van der Waals surface area contributed by atoms with Crippen LogP contribution in [0.3, 0.4) is 0 Å². The largest absolute Gasteiger partial charge is 0.484 e. The fourth-order valence-corrected chi connectivity index (χ4v) is 6.03. The Morgan fingerprint density at radius 3 is 2.32 bits per heavy atom. The van der Waals surface area contributed by atoms with Crippen LogP contribution in [0.15, 0.2) is 78.9 Å². The molecule has 14 heteroatoms. The van der Waals surface area contributed by atoms with Crippen LogP contribution in [-0.2, 0) is 49.5 Å². The zero-order valence-electron chi connectivity index (χ0n) is 27.3. The number of halogens is 3. The average Bonchev–Trinajstić information content (AvgIpc) is 3.59. The summed E-state index contributed by atoms with van der Waals surface area (Å²) in [5.41, 5.74) is 0.331. The first-order chi connectivity index (χ1) is 23.9. The quantitative estimate of drug-likeness (QED) is 0.324. The minimum absolute atomic E-state index is 0.0496. The molecule has 3 aliphatic rings. The van der Waals surface area contributed by atoms with Crippen LogP contribution in [0.2, 0.25) is 0 Å². The van der Waals surface area contributed by atoms with Gasteiger partial charge < -0.3 is 30.9 Å². The molecule has 3 heterocycles.